The topological polar surface area (TPSA) is 33.1 Å². The molecule has 1 aliphatic rings. The summed E-state index contributed by atoms with van der Waals surface area (Å²) >= 11 is 6.08. The number of hydrogen-bond acceptors (Lipinski definition) is 3. The molecule has 1 aromatic heterocycles. The number of piperazine rings is 1. The predicted molar refractivity (Wildman–Crippen MR) is 78.7 cm³/mol. The molecule has 0 bridgehead atoms. The quantitative estimate of drug-likeness (QED) is 0.927. The molecule has 3 rings (SSSR count). The molecule has 19 heavy (non-hydrogen) atoms. The predicted octanol–water partition coefficient (Wildman–Crippen LogP) is 1.67. The average molecular weight is 279 g/mol. The molecule has 0 saturated carbocycles. The summed E-state index contributed by atoms with van der Waals surface area (Å²) in [6.07, 6.45) is 1.08. The maximum absolute atomic E-state index is 6.08. The van der Waals surface area contributed by atoms with Gasteiger partial charge in [0.25, 0.3) is 0 Å². The van der Waals surface area contributed by atoms with Crippen LogP contribution in [0.1, 0.15) is 5.56 Å². The van der Waals surface area contributed by atoms with Crippen molar-refractivity contribution in [2.24, 2.45) is 7.05 Å². The summed E-state index contributed by atoms with van der Waals surface area (Å²) in [6, 6.07) is 6.45. The van der Waals surface area contributed by atoms with Gasteiger partial charge in [0.1, 0.15) is 0 Å². The van der Waals surface area contributed by atoms with Crippen LogP contribution in [-0.2, 0) is 13.5 Å². The molecular formula is C14H19ClN4. The fourth-order valence-electron chi connectivity index (χ4n) is 2.64. The molecule has 0 atom stereocenters. The van der Waals surface area contributed by atoms with Crippen molar-refractivity contribution in [3.05, 3.63) is 28.9 Å². The van der Waals surface area contributed by atoms with E-state index in [9.17, 15) is 0 Å². The maximum atomic E-state index is 6.08. The molecule has 2 heterocycles. The molecule has 1 aromatic carbocycles. The third-order valence-electron chi connectivity index (χ3n) is 3.80. The highest BCUT2D eigenvalue weighted by Crippen LogP contribution is 2.23. The Morgan fingerprint density at radius 1 is 1.32 bits per heavy atom. The first-order valence-electron chi connectivity index (χ1n) is 6.78. The number of benzene rings is 1. The number of rotatable bonds is 3. The minimum absolute atomic E-state index is 0.589. The van der Waals surface area contributed by atoms with E-state index in [1.807, 2.05) is 11.7 Å². The van der Waals surface area contributed by atoms with Crippen LogP contribution in [0.15, 0.2) is 18.2 Å². The first kappa shape index (κ1) is 12.9. The summed E-state index contributed by atoms with van der Waals surface area (Å²) in [5.41, 5.74) is 2.47. The van der Waals surface area contributed by atoms with Gasteiger partial charge in [-0.25, -0.2) is 0 Å². The van der Waals surface area contributed by atoms with Gasteiger partial charge in [0.15, 0.2) is 5.15 Å². The molecule has 0 radical (unpaired) electrons. The smallest absolute Gasteiger partial charge is 0.158 e. The fraction of sp³-hybridized carbons (Fsp3) is 0.500. The van der Waals surface area contributed by atoms with Crippen molar-refractivity contribution in [2.45, 2.75) is 6.42 Å². The first-order chi connectivity index (χ1) is 9.24. The lowest BCUT2D eigenvalue weighted by Crippen LogP contribution is -2.44. The highest BCUT2D eigenvalue weighted by atomic mass is 35.5. The molecule has 102 valence electrons. The molecule has 5 heteroatoms. The second kappa shape index (κ2) is 5.49. The zero-order valence-corrected chi connectivity index (χ0v) is 12.0. The Hall–Kier alpha value is -1.10. The lowest BCUT2D eigenvalue weighted by atomic mass is 10.1. The van der Waals surface area contributed by atoms with Crippen molar-refractivity contribution in [1.29, 1.82) is 0 Å². The molecule has 0 aliphatic carbocycles. The van der Waals surface area contributed by atoms with E-state index < -0.39 is 0 Å². The average Bonchev–Trinajstić information content (AvgIpc) is 2.73. The Labute approximate surface area is 118 Å². The summed E-state index contributed by atoms with van der Waals surface area (Å²) in [7, 11) is 1.94. The lowest BCUT2D eigenvalue weighted by Gasteiger charge is -2.27. The summed E-state index contributed by atoms with van der Waals surface area (Å²) in [5, 5.41) is 9.25. The van der Waals surface area contributed by atoms with E-state index in [0.29, 0.717) is 5.15 Å². The van der Waals surface area contributed by atoms with Crippen LogP contribution in [0.3, 0.4) is 0 Å². The highest BCUT2D eigenvalue weighted by molar-refractivity contribution is 6.34. The van der Waals surface area contributed by atoms with E-state index in [4.69, 9.17) is 11.6 Å². The van der Waals surface area contributed by atoms with Gasteiger partial charge in [-0.3, -0.25) is 4.68 Å². The van der Waals surface area contributed by atoms with Crippen LogP contribution < -0.4 is 5.32 Å². The SMILES string of the molecule is Cn1nc(Cl)c2ccc(CCN3CCNCC3)cc21. The Morgan fingerprint density at radius 2 is 2.11 bits per heavy atom. The van der Waals surface area contributed by atoms with E-state index >= 15 is 0 Å². The van der Waals surface area contributed by atoms with Gasteiger partial charge >= 0.3 is 0 Å². The number of hydrogen-bond donors (Lipinski definition) is 1. The molecule has 1 fully saturated rings. The van der Waals surface area contributed by atoms with Crippen LogP contribution in [0.5, 0.6) is 0 Å². The highest BCUT2D eigenvalue weighted by Gasteiger charge is 2.10. The molecular weight excluding hydrogens is 260 g/mol. The van der Waals surface area contributed by atoms with E-state index in [-0.39, 0.29) is 0 Å². The Morgan fingerprint density at radius 3 is 2.89 bits per heavy atom. The largest absolute Gasteiger partial charge is 0.314 e. The zero-order valence-electron chi connectivity index (χ0n) is 11.2. The van der Waals surface area contributed by atoms with Crippen molar-refractivity contribution in [3.63, 3.8) is 0 Å². The molecule has 1 N–H and O–H groups in total. The third kappa shape index (κ3) is 2.76. The monoisotopic (exact) mass is 278 g/mol. The second-order valence-electron chi connectivity index (χ2n) is 5.11. The van der Waals surface area contributed by atoms with Crippen molar-refractivity contribution in [3.8, 4) is 0 Å². The molecule has 2 aromatic rings. The number of nitrogens with zero attached hydrogens (tertiary/aromatic N) is 3. The van der Waals surface area contributed by atoms with Crippen LogP contribution in [0, 0.1) is 0 Å². The van der Waals surface area contributed by atoms with Gasteiger partial charge in [0.05, 0.1) is 5.52 Å². The number of aryl methyl sites for hydroxylation is 1. The summed E-state index contributed by atoms with van der Waals surface area (Å²) < 4.78 is 1.85. The van der Waals surface area contributed by atoms with Gasteiger partial charge in [-0.15, -0.1) is 0 Å². The Balaban J connectivity index is 1.72. The van der Waals surface area contributed by atoms with Crippen LogP contribution in [0.4, 0.5) is 0 Å². The van der Waals surface area contributed by atoms with Gasteiger partial charge < -0.3 is 10.2 Å². The van der Waals surface area contributed by atoms with Crippen LogP contribution >= 0.6 is 11.6 Å². The summed E-state index contributed by atoms with van der Waals surface area (Å²) in [5.74, 6) is 0. The maximum Gasteiger partial charge on any atom is 0.158 e. The van der Waals surface area contributed by atoms with E-state index in [1.54, 1.807) is 0 Å². The van der Waals surface area contributed by atoms with E-state index in [1.165, 1.54) is 5.56 Å². The van der Waals surface area contributed by atoms with Gasteiger partial charge in [0.2, 0.25) is 0 Å². The first-order valence-corrected chi connectivity index (χ1v) is 7.16. The van der Waals surface area contributed by atoms with Crippen molar-refractivity contribution >= 4 is 22.5 Å². The van der Waals surface area contributed by atoms with Gasteiger partial charge in [-0.2, -0.15) is 5.10 Å². The van der Waals surface area contributed by atoms with Gasteiger partial charge in [-0.05, 0) is 24.1 Å². The Kier molecular flexibility index (Phi) is 3.73. The standard InChI is InChI=1S/C14H19ClN4/c1-18-13-10-11(2-3-12(13)14(15)17-18)4-7-19-8-5-16-6-9-19/h2-3,10,16H,4-9H2,1H3. The van der Waals surface area contributed by atoms with Crippen molar-refractivity contribution in [2.75, 3.05) is 32.7 Å². The normalized spacial score (nSPS) is 17.2. The van der Waals surface area contributed by atoms with Gasteiger partial charge in [-0.1, -0.05) is 17.7 Å². The molecule has 1 saturated heterocycles. The molecule has 0 unspecified atom stereocenters. The van der Waals surface area contributed by atoms with Gasteiger partial charge in [0, 0.05) is 45.2 Å². The van der Waals surface area contributed by atoms with Crippen LogP contribution in [0.2, 0.25) is 5.15 Å². The summed E-state index contributed by atoms with van der Waals surface area (Å²) in [4.78, 5) is 2.51. The van der Waals surface area contributed by atoms with E-state index in [0.717, 1.165) is 50.0 Å². The van der Waals surface area contributed by atoms with Crippen molar-refractivity contribution < 1.29 is 0 Å². The van der Waals surface area contributed by atoms with E-state index in [2.05, 4.69) is 33.5 Å². The number of fused-ring (bicyclic) bond motifs is 1. The second-order valence-corrected chi connectivity index (χ2v) is 5.47. The number of aromatic nitrogens is 2. The Bertz CT molecular complexity index is 572. The van der Waals surface area contributed by atoms with Crippen LogP contribution in [0.25, 0.3) is 10.9 Å². The number of halogens is 1. The zero-order chi connectivity index (χ0) is 13.2. The minimum atomic E-state index is 0.589. The molecule has 4 nitrogen and oxygen atoms in total. The molecule has 0 spiro atoms. The molecule has 1 aliphatic heterocycles. The van der Waals surface area contributed by atoms with Crippen molar-refractivity contribution in [1.82, 2.24) is 20.0 Å². The summed E-state index contributed by atoms with van der Waals surface area (Å²) in [6.45, 7) is 5.64. The van der Waals surface area contributed by atoms with Crippen LogP contribution in [-0.4, -0.2) is 47.4 Å². The number of nitrogens with one attached hydrogen (secondary N) is 1. The fourth-order valence-corrected chi connectivity index (χ4v) is 2.91. The minimum Gasteiger partial charge on any atom is -0.314 e. The third-order valence-corrected chi connectivity index (χ3v) is 4.08. The molecule has 0 amide bonds. The lowest BCUT2D eigenvalue weighted by molar-refractivity contribution is 0.244.